The molecule has 7 heteroatoms. The summed E-state index contributed by atoms with van der Waals surface area (Å²) in [5, 5.41) is 11.8. The average molecular weight is 271 g/mol. The summed E-state index contributed by atoms with van der Waals surface area (Å²) >= 11 is 0. The first-order valence-electron chi connectivity index (χ1n) is 6.55. The Labute approximate surface area is 114 Å². The molecule has 1 amide bonds. The number of nitrogens with one attached hydrogen (secondary N) is 1. The highest BCUT2D eigenvalue weighted by molar-refractivity contribution is 6.11. The number of hydrogen-bond donors (Lipinski definition) is 1. The van der Waals surface area contributed by atoms with Gasteiger partial charge in [0.25, 0.3) is 5.91 Å². The molecule has 1 aliphatic rings. The number of carbonyl (C=O) groups excluding carboxylic acids is 1. The molecular formula is C13H13N5O2. The predicted octanol–water partition coefficient (Wildman–Crippen LogP) is 1.38. The monoisotopic (exact) mass is 271 g/mol. The molecule has 0 radical (unpaired) electrons. The van der Waals surface area contributed by atoms with Crippen molar-refractivity contribution in [2.24, 2.45) is 0 Å². The molecule has 0 aliphatic heterocycles. The summed E-state index contributed by atoms with van der Waals surface area (Å²) < 4.78 is 7.34. The molecule has 0 saturated heterocycles. The van der Waals surface area contributed by atoms with Gasteiger partial charge in [-0.2, -0.15) is 0 Å². The smallest absolute Gasteiger partial charge is 0.255 e. The van der Waals surface area contributed by atoms with Crippen molar-refractivity contribution in [3.05, 3.63) is 23.5 Å². The Morgan fingerprint density at radius 2 is 2.20 bits per heavy atom. The molecule has 20 heavy (non-hydrogen) atoms. The van der Waals surface area contributed by atoms with Crippen LogP contribution in [0.25, 0.3) is 16.7 Å². The number of furan rings is 1. The molecule has 0 aromatic carbocycles. The first kappa shape index (κ1) is 11.4. The molecule has 0 spiro atoms. The van der Waals surface area contributed by atoms with Crippen LogP contribution in [0.3, 0.4) is 0 Å². The summed E-state index contributed by atoms with van der Waals surface area (Å²) in [6.45, 7) is 3.60. The van der Waals surface area contributed by atoms with E-state index in [9.17, 15) is 4.79 Å². The van der Waals surface area contributed by atoms with Gasteiger partial charge in [0.05, 0.1) is 10.9 Å². The number of amides is 1. The van der Waals surface area contributed by atoms with Crippen LogP contribution in [0.15, 0.2) is 10.7 Å². The number of hydrogen-bond acceptors (Lipinski definition) is 5. The van der Waals surface area contributed by atoms with Gasteiger partial charge in [-0.15, -0.1) is 10.2 Å². The molecule has 1 N–H and O–H groups in total. The normalized spacial score (nSPS) is 15.1. The summed E-state index contributed by atoms with van der Waals surface area (Å²) in [6.07, 6.45) is 3.69. The van der Waals surface area contributed by atoms with Gasteiger partial charge in [-0.1, -0.05) is 0 Å². The van der Waals surface area contributed by atoms with Crippen LogP contribution in [0.4, 0.5) is 0 Å². The third-order valence-corrected chi connectivity index (χ3v) is 3.59. The summed E-state index contributed by atoms with van der Waals surface area (Å²) in [6, 6.07) is 0.291. The highest BCUT2D eigenvalue weighted by Gasteiger charge is 2.28. The molecule has 0 unspecified atom stereocenters. The Morgan fingerprint density at radius 3 is 2.95 bits per heavy atom. The van der Waals surface area contributed by atoms with E-state index in [1.54, 1.807) is 17.7 Å². The van der Waals surface area contributed by atoms with Crippen molar-refractivity contribution in [3.8, 4) is 0 Å². The minimum absolute atomic E-state index is 0.126. The van der Waals surface area contributed by atoms with Gasteiger partial charge in [0.1, 0.15) is 17.9 Å². The first-order valence-corrected chi connectivity index (χ1v) is 6.55. The number of aromatic nitrogens is 4. The summed E-state index contributed by atoms with van der Waals surface area (Å²) in [7, 11) is 0. The van der Waals surface area contributed by atoms with E-state index in [4.69, 9.17) is 4.42 Å². The fourth-order valence-electron chi connectivity index (χ4n) is 2.38. The van der Waals surface area contributed by atoms with Crippen LogP contribution in [0, 0.1) is 13.8 Å². The van der Waals surface area contributed by atoms with Crippen molar-refractivity contribution in [2.75, 3.05) is 0 Å². The fourth-order valence-corrected chi connectivity index (χ4v) is 2.38. The lowest BCUT2D eigenvalue weighted by Crippen LogP contribution is -2.25. The Balaban J connectivity index is 1.99. The maximum atomic E-state index is 12.4. The second kappa shape index (κ2) is 3.78. The molecule has 3 heterocycles. The highest BCUT2D eigenvalue weighted by atomic mass is 16.3. The highest BCUT2D eigenvalue weighted by Crippen LogP contribution is 2.28. The molecule has 3 aromatic heterocycles. The topological polar surface area (TPSA) is 85.3 Å². The SMILES string of the molecule is Cc1oc2ncn3c(C)nnc3c2c1C(=O)NC1CC1. The van der Waals surface area contributed by atoms with E-state index in [1.165, 1.54) is 0 Å². The minimum Gasteiger partial charge on any atom is -0.442 e. The van der Waals surface area contributed by atoms with E-state index in [2.05, 4.69) is 20.5 Å². The van der Waals surface area contributed by atoms with E-state index in [1.807, 2.05) is 6.92 Å². The van der Waals surface area contributed by atoms with Crippen LogP contribution < -0.4 is 5.32 Å². The van der Waals surface area contributed by atoms with Crippen molar-refractivity contribution in [1.29, 1.82) is 0 Å². The summed E-state index contributed by atoms with van der Waals surface area (Å²) in [4.78, 5) is 16.6. The maximum Gasteiger partial charge on any atom is 0.255 e. The van der Waals surface area contributed by atoms with Gasteiger partial charge in [-0.3, -0.25) is 9.20 Å². The average Bonchev–Trinajstić information content (AvgIpc) is 3.04. The maximum absolute atomic E-state index is 12.4. The third kappa shape index (κ3) is 1.52. The second-order valence-corrected chi connectivity index (χ2v) is 5.15. The van der Waals surface area contributed by atoms with Gasteiger partial charge in [0, 0.05) is 6.04 Å². The minimum atomic E-state index is -0.126. The number of nitrogens with zero attached hydrogens (tertiary/aromatic N) is 4. The van der Waals surface area contributed by atoms with Gasteiger partial charge >= 0.3 is 0 Å². The quantitative estimate of drug-likeness (QED) is 0.761. The molecular weight excluding hydrogens is 258 g/mol. The van der Waals surface area contributed by atoms with Gasteiger partial charge in [-0.05, 0) is 26.7 Å². The van der Waals surface area contributed by atoms with Crippen LogP contribution in [0.5, 0.6) is 0 Å². The zero-order valence-electron chi connectivity index (χ0n) is 11.2. The Morgan fingerprint density at radius 1 is 1.40 bits per heavy atom. The van der Waals surface area contributed by atoms with E-state index in [-0.39, 0.29) is 5.91 Å². The zero-order valence-corrected chi connectivity index (χ0v) is 11.2. The number of carbonyl (C=O) groups is 1. The number of rotatable bonds is 2. The summed E-state index contributed by atoms with van der Waals surface area (Å²) in [5.74, 6) is 1.15. The molecule has 102 valence electrons. The largest absolute Gasteiger partial charge is 0.442 e. The van der Waals surface area contributed by atoms with Crippen LogP contribution in [0.1, 0.15) is 34.8 Å². The number of fused-ring (bicyclic) bond motifs is 3. The molecule has 4 rings (SSSR count). The number of aryl methyl sites for hydroxylation is 2. The van der Waals surface area contributed by atoms with Gasteiger partial charge in [0.2, 0.25) is 5.71 Å². The standard InChI is InChI=1S/C13H13N5O2/c1-6-9(12(19)15-8-3-4-8)10-11-17-16-7(2)18(11)5-14-13(10)20-6/h5,8H,3-4H2,1-2H3,(H,15,19). The molecule has 3 aromatic rings. The van der Waals surface area contributed by atoms with Crippen LogP contribution in [0.2, 0.25) is 0 Å². The fraction of sp³-hybridized carbons (Fsp3) is 0.385. The lowest BCUT2D eigenvalue weighted by Gasteiger charge is -2.02. The second-order valence-electron chi connectivity index (χ2n) is 5.15. The zero-order chi connectivity index (χ0) is 13.9. The Bertz CT molecular complexity index is 843. The van der Waals surface area contributed by atoms with E-state index < -0.39 is 0 Å². The van der Waals surface area contributed by atoms with E-state index >= 15 is 0 Å². The van der Waals surface area contributed by atoms with E-state index in [0.29, 0.717) is 34.1 Å². The lowest BCUT2D eigenvalue weighted by atomic mass is 10.1. The Hall–Kier alpha value is -2.44. The van der Waals surface area contributed by atoms with Crippen molar-refractivity contribution < 1.29 is 9.21 Å². The molecule has 0 atom stereocenters. The van der Waals surface area contributed by atoms with E-state index in [0.717, 1.165) is 18.7 Å². The first-order chi connectivity index (χ1) is 9.65. The van der Waals surface area contributed by atoms with Crippen molar-refractivity contribution in [3.63, 3.8) is 0 Å². The molecule has 1 fully saturated rings. The predicted molar refractivity (Wildman–Crippen MR) is 70.5 cm³/mol. The van der Waals surface area contributed by atoms with Gasteiger partial charge in [-0.25, -0.2) is 4.98 Å². The van der Waals surface area contributed by atoms with Crippen LogP contribution in [-0.4, -0.2) is 31.5 Å². The Kier molecular flexibility index (Phi) is 2.15. The van der Waals surface area contributed by atoms with Crippen LogP contribution >= 0.6 is 0 Å². The summed E-state index contributed by atoms with van der Waals surface area (Å²) in [5.41, 5.74) is 1.53. The molecule has 7 nitrogen and oxygen atoms in total. The lowest BCUT2D eigenvalue weighted by molar-refractivity contribution is 0.0951. The van der Waals surface area contributed by atoms with Gasteiger partial charge < -0.3 is 9.73 Å². The molecule has 1 saturated carbocycles. The van der Waals surface area contributed by atoms with Crippen molar-refractivity contribution in [1.82, 2.24) is 24.9 Å². The molecule has 1 aliphatic carbocycles. The van der Waals surface area contributed by atoms with Gasteiger partial charge in [0.15, 0.2) is 5.65 Å². The van der Waals surface area contributed by atoms with Crippen molar-refractivity contribution in [2.45, 2.75) is 32.7 Å². The van der Waals surface area contributed by atoms with Crippen molar-refractivity contribution >= 4 is 22.7 Å². The molecule has 0 bridgehead atoms. The third-order valence-electron chi connectivity index (χ3n) is 3.59. The van der Waals surface area contributed by atoms with Crippen LogP contribution in [-0.2, 0) is 0 Å².